The van der Waals surface area contributed by atoms with E-state index in [0.29, 0.717) is 6.42 Å². The molecule has 2 heteroatoms. The van der Waals surface area contributed by atoms with Crippen LogP contribution in [-0.4, -0.2) is 6.17 Å². The van der Waals surface area contributed by atoms with Crippen LogP contribution >= 0.6 is 0 Å². The van der Waals surface area contributed by atoms with Gasteiger partial charge in [0.2, 0.25) is 0 Å². The van der Waals surface area contributed by atoms with E-state index in [1.165, 1.54) is 19.3 Å². The Bertz CT molecular complexity index is 83.9. The summed E-state index contributed by atoms with van der Waals surface area (Å²) < 4.78 is 23.8. The molecule has 0 aliphatic carbocycles. The highest BCUT2D eigenvalue weighted by Crippen LogP contribution is 2.11. The number of rotatable bonds is 8. The molecule has 73 valence electrons. The Hall–Kier alpha value is -0.140. The molecule has 0 amide bonds. The summed E-state index contributed by atoms with van der Waals surface area (Å²) in [5, 5.41) is 0. The maximum Gasteiger partial charge on any atom is 0.165 e. The molecule has 1 unspecified atom stereocenters. The van der Waals surface area contributed by atoms with Crippen LogP contribution in [-0.2, 0) is 0 Å². The fourth-order valence-corrected chi connectivity index (χ4v) is 1.18. The minimum Gasteiger partial charge on any atom is -0.244 e. The van der Waals surface area contributed by atoms with Crippen LogP contribution in [0.25, 0.3) is 0 Å². The first-order valence-corrected chi connectivity index (χ1v) is 4.89. The van der Waals surface area contributed by atoms with Crippen LogP contribution < -0.4 is 0 Å². The highest BCUT2D eigenvalue weighted by molar-refractivity contribution is 4.63. The van der Waals surface area contributed by atoms with E-state index in [9.17, 15) is 8.78 Å². The summed E-state index contributed by atoms with van der Waals surface area (Å²) in [6.45, 7) is 2.31. The van der Waals surface area contributed by atoms with Gasteiger partial charge in [0, 0.05) is 0 Å². The third kappa shape index (κ3) is 7.96. The molecule has 0 saturated heterocycles. The van der Waals surface area contributed by atoms with Crippen molar-refractivity contribution in [2.24, 2.45) is 0 Å². The summed E-state index contributed by atoms with van der Waals surface area (Å²) in [6, 6.07) is 0. The topological polar surface area (TPSA) is 0 Å². The van der Waals surface area contributed by atoms with Gasteiger partial charge >= 0.3 is 0 Å². The van der Waals surface area contributed by atoms with Gasteiger partial charge in [-0.05, 0) is 6.42 Å². The fraction of sp³-hybridized carbons (Fsp3) is 0.900. The van der Waals surface area contributed by atoms with Crippen LogP contribution in [0.5, 0.6) is 0 Å². The summed E-state index contributed by atoms with van der Waals surface area (Å²) in [6.07, 6.45) is 5.73. The van der Waals surface area contributed by atoms with Crippen LogP contribution in [0.3, 0.4) is 0 Å². The van der Waals surface area contributed by atoms with E-state index in [-0.39, 0.29) is 6.67 Å². The minimum absolute atomic E-state index is 0.145. The van der Waals surface area contributed by atoms with Crippen molar-refractivity contribution in [1.29, 1.82) is 0 Å². The molecule has 1 radical (unpaired) electrons. The lowest BCUT2D eigenvalue weighted by molar-refractivity contribution is 0.293. The number of hydrogen-bond donors (Lipinski definition) is 0. The average Bonchev–Trinajstić information content (AvgIpc) is 2.10. The van der Waals surface area contributed by atoms with E-state index in [0.717, 1.165) is 19.3 Å². The molecule has 0 saturated carbocycles. The maximum atomic E-state index is 12.3. The standard InChI is InChI=1S/C10H19F2/c1-2-3-4-5-6-7-8-10(12)9-11/h9-10H,2-8H2,1H3. The Morgan fingerprint density at radius 3 is 2.25 bits per heavy atom. The predicted octanol–water partition coefficient (Wildman–Crippen LogP) is 4.21. The molecule has 0 aliphatic heterocycles. The number of alkyl halides is 1. The lowest BCUT2D eigenvalue weighted by Gasteiger charge is -2.02. The highest BCUT2D eigenvalue weighted by Gasteiger charge is 2.04. The van der Waals surface area contributed by atoms with Crippen LogP contribution in [0.1, 0.15) is 51.9 Å². The summed E-state index contributed by atoms with van der Waals surface area (Å²) in [5.74, 6) is 0. The van der Waals surface area contributed by atoms with Gasteiger partial charge in [-0.15, -0.1) is 0 Å². The predicted molar refractivity (Wildman–Crippen MR) is 48.3 cm³/mol. The van der Waals surface area contributed by atoms with Gasteiger partial charge in [0.25, 0.3) is 0 Å². The second kappa shape index (κ2) is 8.95. The van der Waals surface area contributed by atoms with Crippen LogP contribution in [0.4, 0.5) is 8.78 Å². The van der Waals surface area contributed by atoms with E-state index >= 15 is 0 Å². The van der Waals surface area contributed by atoms with Gasteiger partial charge in [0.1, 0.15) is 6.17 Å². The van der Waals surface area contributed by atoms with Gasteiger partial charge in [0.05, 0.1) is 0 Å². The van der Waals surface area contributed by atoms with E-state index in [1.807, 2.05) is 0 Å². The molecule has 0 aromatic carbocycles. The normalized spacial score (nSPS) is 13.2. The van der Waals surface area contributed by atoms with Gasteiger partial charge < -0.3 is 0 Å². The Balaban J connectivity index is 2.90. The molecule has 0 spiro atoms. The van der Waals surface area contributed by atoms with Crippen LogP contribution in [0, 0.1) is 6.67 Å². The summed E-state index contributed by atoms with van der Waals surface area (Å²) in [4.78, 5) is 0. The number of unbranched alkanes of at least 4 members (excludes halogenated alkanes) is 5. The molecular weight excluding hydrogens is 158 g/mol. The third-order valence-corrected chi connectivity index (χ3v) is 1.97. The summed E-state index contributed by atoms with van der Waals surface area (Å²) >= 11 is 0. The molecule has 1 atom stereocenters. The lowest BCUT2D eigenvalue weighted by atomic mass is 10.1. The minimum atomic E-state index is -1.34. The molecule has 0 aromatic heterocycles. The molecule has 0 bridgehead atoms. The van der Waals surface area contributed by atoms with Crippen LogP contribution in [0.2, 0.25) is 0 Å². The largest absolute Gasteiger partial charge is 0.244 e. The van der Waals surface area contributed by atoms with Crippen molar-refractivity contribution in [2.75, 3.05) is 0 Å². The highest BCUT2D eigenvalue weighted by atomic mass is 19.2. The van der Waals surface area contributed by atoms with Crippen LogP contribution in [0.15, 0.2) is 0 Å². The Labute approximate surface area is 74.4 Å². The van der Waals surface area contributed by atoms with Crippen molar-refractivity contribution in [1.82, 2.24) is 0 Å². The Morgan fingerprint density at radius 1 is 1.08 bits per heavy atom. The van der Waals surface area contributed by atoms with Crippen molar-refractivity contribution in [2.45, 2.75) is 58.0 Å². The zero-order valence-corrected chi connectivity index (χ0v) is 7.86. The maximum absolute atomic E-state index is 12.3. The first-order valence-electron chi connectivity index (χ1n) is 4.89. The second-order valence-electron chi connectivity index (χ2n) is 3.20. The second-order valence-corrected chi connectivity index (χ2v) is 3.20. The van der Waals surface area contributed by atoms with Gasteiger partial charge in [-0.1, -0.05) is 45.4 Å². The number of hydrogen-bond acceptors (Lipinski definition) is 0. The zero-order valence-electron chi connectivity index (χ0n) is 7.86. The molecule has 0 fully saturated rings. The fourth-order valence-electron chi connectivity index (χ4n) is 1.18. The van der Waals surface area contributed by atoms with E-state index in [2.05, 4.69) is 6.92 Å². The lowest BCUT2D eigenvalue weighted by Crippen LogP contribution is -1.96. The van der Waals surface area contributed by atoms with Crippen molar-refractivity contribution < 1.29 is 8.78 Å². The molecular formula is C10H19F2. The van der Waals surface area contributed by atoms with Crippen molar-refractivity contribution >= 4 is 0 Å². The van der Waals surface area contributed by atoms with Gasteiger partial charge in [-0.25, -0.2) is 8.78 Å². The summed E-state index contributed by atoms with van der Waals surface area (Å²) in [7, 11) is 0. The molecule has 0 heterocycles. The monoisotopic (exact) mass is 177 g/mol. The van der Waals surface area contributed by atoms with Crippen molar-refractivity contribution in [3.05, 3.63) is 6.67 Å². The zero-order chi connectivity index (χ0) is 9.23. The molecule has 12 heavy (non-hydrogen) atoms. The molecule has 0 N–H and O–H groups in total. The Kier molecular flexibility index (Phi) is 8.85. The SMILES string of the molecule is CCCCCCCCC(F)[CH]F. The van der Waals surface area contributed by atoms with E-state index < -0.39 is 6.17 Å². The molecule has 0 rings (SSSR count). The quantitative estimate of drug-likeness (QED) is 0.487. The molecule has 0 aromatic rings. The first-order chi connectivity index (χ1) is 5.81. The molecule has 0 nitrogen and oxygen atoms in total. The van der Waals surface area contributed by atoms with Gasteiger partial charge in [-0.3, -0.25) is 0 Å². The van der Waals surface area contributed by atoms with Crippen molar-refractivity contribution in [3.63, 3.8) is 0 Å². The smallest absolute Gasteiger partial charge is 0.165 e. The van der Waals surface area contributed by atoms with E-state index in [4.69, 9.17) is 0 Å². The van der Waals surface area contributed by atoms with Gasteiger partial charge in [0.15, 0.2) is 6.67 Å². The Morgan fingerprint density at radius 2 is 1.67 bits per heavy atom. The van der Waals surface area contributed by atoms with E-state index in [1.54, 1.807) is 0 Å². The summed E-state index contributed by atoms with van der Waals surface area (Å²) in [5.41, 5.74) is 0. The first kappa shape index (κ1) is 11.9. The number of halogens is 2. The average molecular weight is 177 g/mol. The third-order valence-electron chi connectivity index (χ3n) is 1.97. The molecule has 0 aliphatic rings. The van der Waals surface area contributed by atoms with Crippen molar-refractivity contribution in [3.8, 4) is 0 Å². The van der Waals surface area contributed by atoms with Gasteiger partial charge in [-0.2, -0.15) is 0 Å².